The van der Waals surface area contributed by atoms with Crippen molar-refractivity contribution in [3.63, 3.8) is 0 Å². The summed E-state index contributed by atoms with van der Waals surface area (Å²) in [5, 5.41) is 1.11. The minimum atomic E-state index is 0.182. The van der Waals surface area contributed by atoms with Crippen LogP contribution in [0.2, 0.25) is 0 Å². The largest absolute Gasteiger partial charge is 0.361 e. The third-order valence-electron chi connectivity index (χ3n) is 5.80. The van der Waals surface area contributed by atoms with Gasteiger partial charge in [-0.3, -0.25) is 9.69 Å². The van der Waals surface area contributed by atoms with Gasteiger partial charge in [-0.2, -0.15) is 0 Å². The van der Waals surface area contributed by atoms with E-state index in [-0.39, 0.29) is 5.91 Å². The molecular formula is C21H29N3O. The third-order valence-corrected chi connectivity index (χ3v) is 5.80. The maximum absolute atomic E-state index is 13.1. The molecule has 1 saturated heterocycles. The number of rotatable bonds is 4. The Bertz CT molecular complexity index is 746. The zero-order valence-corrected chi connectivity index (χ0v) is 15.4. The summed E-state index contributed by atoms with van der Waals surface area (Å²) in [6, 6.07) is 8.50. The molecule has 0 unspecified atom stereocenters. The van der Waals surface area contributed by atoms with Gasteiger partial charge in [0.25, 0.3) is 5.91 Å². The summed E-state index contributed by atoms with van der Waals surface area (Å²) in [6.45, 7) is 8.66. The number of carbonyl (C=O) groups is 1. The first-order valence-corrected chi connectivity index (χ1v) is 9.72. The van der Waals surface area contributed by atoms with Crippen molar-refractivity contribution in [1.82, 2.24) is 14.8 Å². The Morgan fingerprint density at radius 1 is 1.24 bits per heavy atom. The highest BCUT2D eigenvalue weighted by Crippen LogP contribution is 2.32. The second-order valence-corrected chi connectivity index (χ2v) is 8.13. The smallest absolute Gasteiger partial charge is 0.253 e. The number of hydrogen-bond acceptors (Lipinski definition) is 2. The van der Waals surface area contributed by atoms with E-state index in [2.05, 4.69) is 28.6 Å². The van der Waals surface area contributed by atoms with Gasteiger partial charge in [0.15, 0.2) is 0 Å². The van der Waals surface area contributed by atoms with E-state index in [4.69, 9.17) is 0 Å². The number of aromatic nitrogens is 1. The highest BCUT2D eigenvalue weighted by molar-refractivity contribution is 5.98. The lowest BCUT2D eigenvalue weighted by molar-refractivity contribution is 0.0704. The Morgan fingerprint density at radius 3 is 2.84 bits per heavy atom. The highest BCUT2D eigenvalue weighted by atomic mass is 16.2. The van der Waals surface area contributed by atoms with E-state index in [1.807, 2.05) is 30.5 Å². The fourth-order valence-corrected chi connectivity index (χ4v) is 4.11. The molecule has 2 fully saturated rings. The van der Waals surface area contributed by atoms with Crippen molar-refractivity contribution < 1.29 is 4.79 Å². The first-order chi connectivity index (χ1) is 12.1. The van der Waals surface area contributed by atoms with Crippen LogP contribution in [0, 0.1) is 11.8 Å². The van der Waals surface area contributed by atoms with E-state index in [1.54, 1.807) is 0 Å². The first kappa shape index (κ1) is 16.6. The van der Waals surface area contributed by atoms with Gasteiger partial charge < -0.3 is 9.88 Å². The molecule has 2 aromatic rings. The van der Waals surface area contributed by atoms with Gasteiger partial charge in [-0.1, -0.05) is 13.8 Å². The normalized spacial score (nSPS) is 22.5. The monoisotopic (exact) mass is 339 g/mol. The van der Waals surface area contributed by atoms with E-state index in [1.165, 1.54) is 19.4 Å². The SMILES string of the molecule is CC(C)[C@@H]1CN(C(=O)c2ccc3[nH]ccc3c2)CCCN1CC1CC1. The molecule has 0 spiro atoms. The van der Waals surface area contributed by atoms with E-state index in [9.17, 15) is 4.79 Å². The number of aromatic amines is 1. The summed E-state index contributed by atoms with van der Waals surface area (Å²) in [5.41, 5.74) is 1.90. The maximum atomic E-state index is 13.1. The van der Waals surface area contributed by atoms with Crippen molar-refractivity contribution in [2.75, 3.05) is 26.2 Å². The van der Waals surface area contributed by atoms with Gasteiger partial charge >= 0.3 is 0 Å². The van der Waals surface area contributed by atoms with E-state index in [0.29, 0.717) is 12.0 Å². The van der Waals surface area contributed by atoms with Gasteiger partial charge in [-0.25, -0.2) is 0 Å². The zero-order valence-electron chi connectivity index (χ0n) is 15.4. The summed E-state index contributed by atoms with van der Waals surface area (Å²) in [7, 11) is 0. The number of H-pyrrole nitrogens is 1. The Kier molecular flexibility index (Phi) is 4.55. The Balaban J connectivity index is 1.52. The van der Waals surface area contributed by atoms with Crippen LogP contribution in [-0.4, -0.2) is 52.9 Å². The van der Waals surface area contributed by atoms with Crippen molar-refractivity contribution in [3.8, 4) is 0 Å². The second kappa shape index (κ2) is 6.83. The minimum absolute atomic E-state index is 0.182. The first-order valence-electron chi connectivity index (χ1n) is 9.72. The average Bonchev–Trinajstić information content (AvgIpc) is 3.34. The quantitative estimate of drug-likeness (QED) is 0.921. The molecule has 0 radical (unpaired) electrons. The summed E-state index contributed by atoms with van der Waals surface area (Å²) in [4.78, 5) is 21.1. The van der Waals surface area contributed by atoms with Gasteiger partial charge in [-0.05, 0) is 55.4 Å². The van der Waals surface area contributed by atoms with Crippen LogP contribution in [-0.2, 0) is 0 Å². The Hall–Kier alpha value is -1.81. The van der Waals surface area contributed by atoms with Crippen LogP contribution < -0.4 is 0 Å². The minimum Gasteiger partial charge on any atom is -0.361 e. The van der Waals surface area contributed by atoms with Crippen molar-refractivity contribution in [2.45, 2.75) is 39.2 Å². The third kappa shape index (κ3) is 3.59. The van der Waals surface area contributed by atoms with Crippen LogP contribution in [0.5, 0.6) is 0 Å². The van der Waals surface area contributed by atoms with E-state index in [0.717, 1.165) is 48.4 Å². The van der Waals surface area contributed by atoms with Gasteiger partial charge in [-0.15, -0.1) is 0 Å². The van der Waals surface area contributed by atoms with Crippen molar-refractivity contribution in [2.24, 2.45) is 11.8 Å². The molecule has 0 bridgehead atoms. The molecule has 134 valence electrons. The Labute approximate surface area is 150 Å². The lowest BCUT2D eigenvalue weighted by Gasteiger charge is -2.34. The number of benzene rings is 1. The molecule has 1 aliphatic heterocycles. The summed E-state index contributed by atoms with van der Waals surface area (Å²) in [6.07, 6.45) is 5.78. The lowest BCUT2D eigenvalue weighted by Crippen LogP contribution is -2.46. The number of carbonyl (C=O) groups excluding carboxylic acids is 1. The summed E-state index contributed by atoms with van der Waals surface area (Å²) < 4.78 is 0. The fourth-order valence-electron chi connectivity index (χ4n) is 4.11. The van der Waals surface area contributed by atoms with Crippen molar-refractivity contribution in [3.05, 3.63) is 36.0 Å². The predicted octanol–water partition coefficient (Wildman–Crippen LogP) is 3.75. The molecule has 2 aliphatic rings. The lowest BCUT2D eigenvalue weighted by atomic mass is 10.0. The Morgan fingerprint density at radius 2 is 2.08 bits per heavy atom. The molecule has 1 aliphatic carbocycles. The number of fused-ring (bicyclic) bond motifs is 1. The van der Waals surface area contributed by atoms with Crippen LogP contribution in [0.1, 0.15) is 43.5 Å². The topological polar surface area (TPSA) is 39.3 Å². The predicted molar refractivity (Wildman–Crippen MR) is 102 cm³/mol. The molecule has 4 nitrogen and oxygen atoms in total. The van der Waals surface area contributed by atoms with Crippen LogP contribution in [0.15, 0.2) is 30.5 Å². The number of nitrogens with one attached hydrogen (secondary N) is 1. The van der Waals surface area contributed by atoms with E-state index < -0.39 is 0 Å². The van der Waals surface area contributed by atoms with Crippen LogP contribution in [0.4, 0.5) is 0 Å². The summed E-state index contributed by atoms with van der Waals surface area (Å²) in [5.74, 6) is 1.65. The zero-order chi connectivity index (χ0) is 17.4. The molecule has 1 atom stereocenters. The molecule has 4 heteroatoms. The van der Waals surface area contributed by atoms with Crippen LogP contribution in [0.25, 0.3) is 10.9 Å². The molecule has 1 aromatic carbocycles. The maximum Gasteiger partial charge on any atom is 0.253 e. The van der Waals surface area contributed by atoms with Crippen LogP contribution in [0.3, 0.4) is 0 Å². The van der Waals surface area contributed by atoms with Gasteiger partial charge in [0.05, 0.1) is 0 Å². The highest BCUT2D eigenvalue weighted by Gasteiger charge is 2.33. The number of nitrogens with zero attached hydrogens (tertiary/aromatic N) is 2. The van der Waals surface area contributed by atoms with Crippen LogP contribution >= 0.6 is 0 Å². The van der Waals surface area contributed by atoms with Gasteiger partial charge in [0.1, 0.15) is 0 Å². The molecule has 2 heterocycles. The van der Waals surface area contributed by atoms with Crippen molar-refractivity contribution >= 4 is 16.8 Å². The molecule has 1 N–H and O–H groups in total. The van der Waals surface area contributed by atoms with E-state index >= 15 is 0 Å². The molecule has 1 aromatic heterocycles. The number of amides is 1. The molecule has 1 amide bonds. The summed E-state index contributed by atoms with van der Waals surface area (Å²) >= 11 is 0. The molecule has 4 rings (SSSR count). The van der Waals surface area contributed by atoms with Crippen molar-refractivity contribution in [1.29, 1.82) is 0 Å². The molecule has 25 heavy (non-hydrogen) atoms. The number of hydrogen-bond donors (Lipinski definition) is 1. The standard InChI is InChI=1S/C21H29N3O/c1-15(2)20-14-24(11-3-10-23(20)13-16-4-5-16)21(25)18-6-7-19-17(12-18)8-9-22-19/h6-9,12,15-16,20,22H,3-5,10-11,13-14H2,1-2H3/t20-/m0/s1. The average molecular weight is 339 g/mol. The second-order valence-electron chi connectivity index (χ2n) is 8.13. The molecular weight excluding hydrogens is 310 g/mol. The van der Waals surface area contributed by atoms with Gasteiger partial charge in [0, 0.05) is 54.9 Å². The van der Waals surface area contributed by atoms with Gasteiger partial charge in [0.2, 0.25) is 0 Å². The fraction of sp³-hybridized carbons (Fsp3) is 0.571. The molecule has 1 saturated carbocycles.